The number of aryl methyl sites for hydroxylation is 1. The number of hydrogen-bond acceptors (Lipinski definition) is 7. The first-order valence-electron chi connectivity index (χ1n) is 11.4. The summed E-state index contributed by atoms with van der Waals surface area (Å²) in [6.45, 7) is 1.58. The van der Waals surface area contributed by atoms with Crippen molar-refractivity contribution in [2.24, 2.45) is 0 Å². The minimum atomic E-state index is -4.06. The van der Waals surface area contributed by atoms with Gasteiger partial charge in [-0.3, -0.25) is 13.7 Å². The van der Waals surface area contributed by atoms with E-state index in [1.165, 1.54) is 41.4 Å². The van der Waals surface area contributed by atoms with Gasteiger partial charge in [-0.1, -0.05) is 24.3 Å². The van der Waals surface area contributed by atoms with Crippen LogP contribution in [0.5, 0.6) is 11.5 Å². The molecular weight excluding hydrogens is 496 g/mol. The highest BCUT2D eigenvalue weighted by molar-refractivity contribution is 7.92. The number of rotatable bonds is 5. The molecule has 0 saturated heterocycles. The number of methoxy groups -OCH3 is 2. The lowest BCUT2D eigenvalue weighted by Gasteiger charge is -2.35. The predicted octanol–water partition coefficient (Wildman–Crippen LogP) is 4.04. The van der Waals surface area contributed by atoms with Crippen LogP contribution in [0.25, 0.3) is 10.9 Å². The van der Waals surface area contributed by atoms with Gasteiger partial charge in [-0.25, -0.2) is 13.2 Å². The standard InChI is InChI=1S/C27H24N2O7S/c1-17-8-13-24-23(14-17)29(37(32,33)19-11-9-18(34-2)10-12-19)16-25(36-24)26(30)28-15-21(27(31)35-3)20-6-4-5-7-22(20)28/h4-15,25H,16H2,1-3H3. The molecule has 0 amide bonds. The summed E-state index contributed by atoms with van der Waals surface area (Å²) in [6, 6.07) is 18.1. The monoisotopic (exact) mass is 520 g/mol. The summed E-state index contributed by atoms with van der Waals surface area (Å²) < 4.78 is 46.1. The van der Waals surface area contributed by atoms with Crippen LogP contribution in [0.3, 0.4) is 0 Å². The summed E-state index contributed by atoms with van der Waals surface area (Å²) in [5.41, 5.74) is 1.88. The smallest absolute Gasteiger partial charge is 0.340 e. The Labute approximate surface area is 213 Å². The van der Waals surface area contributed by atoms with Gasteiger partial charge in [0.15, 0.2) is 6.10 Å². The SMILES string of the molecule is COC(=O)c1cn(C(=O)C2CN(S(=O)(=O)c3ccc(OC)cc3)c3cc(C)ccc3O2)c2ccccc12. The Balaban J connectivity index is 1.59. The summed E-state index contributed by atoms with van der Waals surface area (Å²) in [7, 11) is -1.30. The fourth-order valence-corrected chi connectivity index (χ4v) is 5.85. The minimum Gasteiger partial charge on any atom is -0.497 e. The zero-order chi connectivity index (χ0) is 26.3. The highest BCUT2D eigenvalue weighted by Gasteiger charge is 2.39. The second kappa shape index (κ2) is 9.29. The van der Waals surface area contributed by atoms with E-state index < -0.39 is 28.0 Å². The van der Waals surface area contributed by atoms with Crippen molar-refractivity contribution < 1.29 is 32.2 Å². The number of nitrogens with zero attached hydrogens (tertiary/aromatic N) is 2. The largest absolute Gasteiger partial charge is 0.497 e. The molecule has 9 nitrogen and oxygen atoms in total. The van der Waals surface area contributed by atoms with Crippen LogP contribution in [0.2, 0.25) is 0 Å². The van der Waals surface area contributed by atoms with E-state index in [0.29, 0.717) is 22.3 Å². The second-order valence-electron chi connectivity index (χ2n) is 8.55. The Hall–Kier alpha value is -4.31. The lowest BCUT2D eigenvalue weighted by Crippen LogP contribution is -2.48. The van der Waals surface area contributed by atoms with Crippen molar-refractivity contribution in [3.63, 3.8) is 0 Å². The average Bonchev–Trinajstić information content (AvgIpc) is 3.31. The Bertz CT molecular complexity index is 1620. The fraction of sp³-hybridized carbons (Fsp3) is 0.185. The molecule has 0 saturated carbocycles. The van der Waals surface area contributed by atoms with Crippen molar-refractivity contribution in [1.29, 1.82) is 0 Å². The molecule has 0 radical (unpaired) electrons. The molecule has 0 bridgehead atoms. The molecule has 0 aliphatic carbocycles. The van der Waals surface area contributed by atoms with Crippen molar-refractivity contribution in [3.8, 4) is 11.5 Å². The normalized spacial score (nSPS) is 15.1. The highest BCUT2D eigenvalue weighted by Crippen LogP contribution is 2.38. The van der Waals surface area contributed by atoms with Gasteiger partial charge in [0.05, 0.1) is 42.4 Å². The molecule has 0 fully saturated rings. The van der Waals surface area contributed by atoms with Gasteiger partial charge in [0.25, 0.3) is 15.9 Å². The van der Waals surface area contributed by atoms with Crippen LogP contribution in [0.4, 0.5) is 5.69 Å². The number of sulfonamides is 1. The van der Waals surface area contributed by atoms with E-state index in [1.54, 1.807) is 54.6 Å². The van der Waals surface area contributed by atoms with Gasteiger partial charge >= 0.3 is 5.97 Å². The zero-order valence-electron chi connectivity index (χ0n) is 20.4. The number of hydrogen-bond donors (Lipinski definition) is 0. The van der Waals surface area contributed by atoms with E-state index in [-0.39, 0.29) is 22.8 Å². The first-order valence-corrected chi connectivity index (χ1v) is 12.9. The van der Waals surface area contributed by atoms with E-state index in [2.05, 4.69) is 0 Å². The molecule has 0 N–H and O–H groups in total. The average molecular weight is 521 g/mol. The zero-order valence-corrected chi connectivity index (χ0v) is 21.2. The molecule has 1 aromatic heterocycles. The number of ether oxygens (including phenoxy) is 3. The molecule has 37 heavy (non-hydrogen) atoms. The molecule has 4 aromatic rings. The lowest BCUT2D eigenvalue weighted by molar-refractivity contribution is 0.0602. The molecule has 2 heterocycles. The summed E-state index contributed by atoms with van der Waals surface area (Å²) in [5, 5.41) is 0.539. The number of carbonyl (C=O) groups is 2. The van der Waals surface area contributed by atoms with Gasteiger partial charge < -0.3 is 14.2 Å². The molecular formula is C27H24N2O7S. The number of esters is 1. The van der Waals surface area contributed by atoms with Gasteiger partial charge in [-0.05, 0) is 55.0 Å². The minimum absolute atomic E-state index is 0.0493. The van der Waals surface area contributed by atoms with Crippen LogP contribution in [0, 0.1) is 6.92 Å². The van der Waals surface area contributed by atoms with Crippen LogP contribution >= 0.6 is 0 Å². The van der Waals surface area contributed by atoms with Crippen molar-refractivity contribution in [3.05, 3.63) is 84.1 Å². The molecule has 1 unspecified atom stereocenters. The van der Waals surface area contributed by atoms with Gasteiger partial charge in [0, 0.05) is 11.6 Å². The predicted molar refractivity (Wildman–Crippen MR) is 137 cm³/mol. The maximum atomic E-state index is 13.8. The third-order valence-electron chi connectivity index (χ3n) is 6.26. The Morgan fingerprint density at radius 1 is 1.00 bits per heavy atom. The molecule has 1 aliphatic heterocycles. The second-order valence-corrected chi connectivity index (χ2v) is 10.4. The van der Waals surface area contributed by atoms with Gasteiger partial charge in [-0.15, -0.1) is 0 Å². The van der Waals surface area contributed by atoms with Crippen LogP contribution in [0.1, 0.15) is 20.7 Å². The number of aromatic nitrogens is 1. The Morgan fingerprint density at radius 3 is 2.43 bits per heavy atom. The molecule has 1 aliphatic rings. The van der Waals surface area contributed by atoms with E-state index in [0.717, 1.165) is 5.56 Å². The number of carbonyl (C=O) groups excluding carboxylic acids is 2. The quantitative estimate of drug-likeness (QED) is 0.366. The van der Waals surface area contributed by atoms with E-state index in [9.17, 15) is 18.0 Å². The molecule has 1 atom stereocenters. The van der Waals surface area contributed by atoms with Crippen molar-refractivity contribution in [2.45, 2.75) is 17.9 Å². The topological polar surface area (TPSA) is 104 Å². The molecule has 5 rings (SSSR count). The van der Waals surface area contributed by atoms with Crippen LogP contribution in [0.15, 0.2) is 77.8 Å². The van der Waals surface area contributed by atoms with Gasteiger partial charge in [0.2, 0.25) is 0 Å². The summed E-state index contributed by atoms with van der Waals surface area (Å²) in [5.74, 6) is -0.326. The third kappa shape index (κ3) is 4.19. The lowest BCUT2D eigenvalue weighted by atomic mass is 10.1. The third-order valence-corrected chi connectivity index (χ3v) is 8.06. The van der Waals surface area contributed by atoms with Crippen LogP contribution < -0.4 is 13.8 Å². The van der Waals surface area contributed by atoms with E-state index in [4.69, 9.17) is 14.2 Å². The van der Waals surface area contributed by atoms with Crippen molar-refractivity contribution in [2.75, 3.05) is 25.1 Å². The number of benzene rings is 3. The van der Waals surface area contributed by atoms with Crippen LogP contribution in [-0.2, 0) is 14.8 Å². The summed E-state index contributed by atoms with van der Waals surface area (Å²) in [6.07, 6.45) is 0.222. The number of para-hydroxylation sites is 1. The van der Waals surface area contributed by atoms with Crippen molar-refractivity contribution >= 4 is 38.5 Å². The Kier molecular flexibility index (Phi) is 6.12. The van der Waals surface area contributed by atoms with E-state index >= 15 is 0 Å². The fourth-order valence-electron chi connectivity index (χ4n) is 4.38. The maximum Gasteiger partial charge on any atom is 0.340 e. The molecule has 0 spiro atoms. The van der Waals surface area contributed by atoms with Gasteiger partial charge in [0.1, 0.15) is 11.5 Å². The number of anilines is 1. The number of fused-ring (bicyclic) bond motifs is 2. The first kappa shape index (κ1) is 24.4. The molecule has 10 heteroatoms. The molecule has 3 aromatic carbocycles. The van der Waals surface area contributed by atoms with Crippen molar-refractivity contribution in [1.82, 2.24) is 4.57 Å². The Morgan fingerprint density at radius 2 is 1.73 bits per heavy atom. The summed E-state index contributed by atoms with van der Waals surface area (Å²) >= 11 is 0. The maximum absolute atomic E-state index is 13.8. The van der Waals surface area contributed by atoms with E-state index in [1.807, 2.05) is 6.92 Å². The van der Waals surface area contributed by atoms with Gasteiger partial charge in [-0.2, -0.15) is 0 Å². The first-order chi connectivity index (χ1) is 17.7. The van der Waals surface area contributed by atoms with Crippen LogP contribution in [-0.4, -0.2) is 51.7 Å². The molecule has 190 valence electrons. The summed E-state index contributed by atoms with van der Waals surface area (Å²) in [4.78, 5) is 26.2. The highest BCUT2D eigenvalue weighted by atomic mass is 32.2.